The fourth-order valence-electron chi connectivity index (χ4n) is 3.12. The summed E-state index contributed by atoms with van der Waals surface area (Å²) in [5, 5.41) is 5.70. The minimum Gasteiger partial charge on any atom is -0.479 e. The monoisotopic (exact) mass is 495 g/mol. The molecule has 0 aliphatic rings. The van der Waals surface area contributed by atoms with E-state index in [0.29, 0.717) is 5.75 Å². The van der Waals surface area contributed by atoms with E-state index in [0.717, 1.165) is 11.8 Å². The molecular formula is C27H30FN3O5. The Balaban J connectivity index is 1.63. The minimum absolute atomic E-state index is 0.0733. The summed E-state index contributed by atoms with van der Waals surface area (Å²) in [6, 6.07) is 14.6. The van der Waals surface area contributed by atoms with Crippen LogP contribution in [-0.4, -0.2) is 35.6 Å². The topological polar surface area (TPSA) is 98.8 Å². The van der Waals surface area contributed by atoms with Crippen molar-refractivity contribution in [3.8, 4) is 17.4 Å². The Labute approximate surface area is 209 Å². The van der Waals surface area contributed by atoms with Crippen molar-refractivity contribution >= 4 is 17.6 Å². The number of ether oxygens (including phenoxy) is 3. The van der Waals surface area contributed by atoms with Crippen molar-refractivity contribution in [3.63, 3.8) is 0 Å². The molecule has 190 valence electrons. The highest BCUT2D eigenvalue weighted by Gasteiger charge is 2.23. The summed E-state index contributed by atoms with van der Waals surface area (Å²) in [4.78, 5) is 29.1. The Bertz CT molecular complexity index is 1230. The second-order valence-corrected chi connectivity index (χ2v) is 8.97. The molecular weight excluding hydrogens is 465 g/mol. The average Bonchev–Trinajstić information content (AvgIpc) is 2.82. The summed E-state index contributed by atoms with van der Waals surface area (Å²) >= 11 is 0. The predicted octanol–water partition coefficient (Wildman–Crippen LogP) is 5.09. The molecule has 0 aliphatic heterocycles. The Hall–Kier alpha value is -4.14. The lowest BCUT2D eigenvalue weighted by atomic mass is 10.2. The first-order valence-corrected chi connectivity index (χ1v) is 11.4. The molecule has 0 spiro atoms. The van der Waals surface area contributed by atoms with Crippen LogP contribution < -0.4 is 20.1 Å². The van der Waals surface area contributed by atoms with Gasteiger partial charge in [0.15, 0.2) is 6.10 Å². The number of amides is 1. The van der Waals surface area contributed by atoms with Gasteiger partial charge in [0.25, 0.3) is 5.91 Å². The first-order chi connectivity index (χ1) is 17.1. The SMILES string of the molecule is CNc1cccc(Oc2ncccc2C(=O)NCc2ccc(OC(C)C(=O)OC(C)(C)C)cc2F)c1. The van der Waals surface area contributed by atoms with Crippen LogP contribution in [0.1, 0.15) is 43.6 Å². The van der Waals surface area contributed by atoms with Crippen molar-refractivity contribution in [1.82, 2.24) is 10.3 Å². The first kappa shape index (κ1) is 26.5. The number of carbonyl (C=O) groups is 2. The number of pyridine rings is 1. The number of nitrogens with one attached hydrogen (secondary N) is 2. The van der Waals surface area contributed by atoms with E-state index in [-0.39, 0.29) is 29.3 Å². The molecule has 1 amide bonds. The molecule has 2 N–H and O–H groups in total. The summed E-state index contributed by atoms with van der Waals surface area (Å²) in [5.41, 5.74) is 0.642. The fourth-order valence-corrected chi connectivity index (χ4v) is 3.12. The number of aromatic nitrogens is 1. The highest BCUT2D eigenvalue weighted by atomic mass is 19.1. The zero-order valence-electron chi connectivity index (χ0n) is 20.9. The molecule has 0 fully saturated rings. The van der Waals surface area contributed by atoms with E-state index in [9.17, 15) is 14.0 Å². The number of hydrogen-bond acceptors (Lipinski definition) is 7. The van der Waals surface area contributed by atoms with Crippen LogP contribution in [0.15, 0.2) is 60.8 Å². The van der Waals surface area contributed by atoms with Gasteiger partial charge in [-0.1, -0.05) is 12.1 Å². The van der Waals surface area contributed by atoms with Crippen LogP contribution >= 0.6 is 0 Å². The normalized spacial score (nSPS) is 11.8. The predicted molar refractivity (Wildman–Crippen MR) is 134 cm³/mol. The standard InChI is InChI=1S/C27H30FN3O5/c1-17(26(33)36-27(2,3)4)34-21-12-11-18(23(28)15-21)16-31-24(32)22-10-7-13-30-25(22)35-20-9-6-8-19(14-20)29-5/h6-15,17,29H,16H2,1-5H3,(H,31,32). The zero-order valence-corrected chi connectivity index (χ0v) is 20.9. The number of nitrogens with zero attached hydrogens (tertiary/aromatic N) is 1. The molecule has 1 atom stereocenters. The number of halogens is 1. The fraction of sp³-hybridized carbons (Fsp3) is 0.296. The van der Waals surface area contributed by atoms with Gasteiger partial charge in [0.1, 0.15) is 28.5 Å². The van der Waals surface area contributed by atoms with Crippen molar-refractivity contribution in [3.05, 3.63) is 77.7 Å². The maximum absolute atomic E-state index is 14.7. The van der Waals surface area contributed by atoms with Gasteiger partial charge in [-0.3, -0.25) is 4.79 Å². The van der Waals surface area contributed by atoms with Crippen LogP contribution in [0, 0.1) is 5.82 Å². The van der Waals surface area contributed by atoms with E-state index >= 15 is 0 Å². The van der Waals surface area contributed by atoms with E-state index in [1.807, 2.05) is 12.1 Å². The lowest BCUT2D eigenvalue weighted by molar-refractivity contribution is -0.162. The quantitative estimate of drug-likeness (QED) is 0.399. The van der Waals surface area contributed by atoms with Crippen LogP contribution in [0.5, 0.6) is 17.4 Å². The number of hydrogen-bond donors (Lipinski definition) is 2. The highest BCUT2D eigenvalue weighted by Crippen LogP contribution is 2.25. The Morgan fingerprint density at radius 2 is 1.83 bits per heavy atom. The second-order valence-electron chi connectivity index (χ2n) is 8.97. The van der Waals surface area contributed by atoms with Gasteiger partial charge in [-0.15, -0.1) is 0 Å². The molecule has 0 radical (unpaired) electrons. The third-order valence-electron chi connectivity index (χ3n) is 4.87. The lowest BCUT2D eigenvalue weighted by Crippen LogP contribution is -2.33. The molecule has 1 aromatic heterocycles. The van der Waals surface area contributed by atoms with Crippen molar-refractivity contribution in [2.75, 3.05) is 12.4 Å². The molecule has 0 aliphatic carbocycles. The summed E-state index contributed by atoms with van der Waals surface area (Å²) in [5.74, 6) is -0.795. The molecule has 9 heteroatoms. The average molecular weight is 496 g/mol. The van der Waals surface area contributed by atoms with E-state index in [2.05, 4.69) is 15.6 Å². The summed E-state index contributed by atoms with van der Waals surface area (Å²) < 4.78 is 31.3. The van der Waals surface area contributed by atoms with E-state index in [1.54, 1.807) is 52.1 Å². The van der Waals surface area contributed by atoms with E-state index in [4.69, 9.17) is 14.2 Å². The van der Waals surface area contributed by atoms with Crippen LogP contribution in [0.4, 0.5) is 10.1 Å². The first-order valence-electron chi connectivity index (χ1n) is 11.4. The smallest absolute Gasteiger partial charge is 0.347 e. The van der Waals surface area contributed by atoms with Gasteiger partial charge in [0.2, 0.25) is 5.88 Å². The van der Waals surface area contributed by atoms with Crippen LogP contribution in [0.2, 0.25) is 0 Å². The third kappa shape index (κ3) is 7.43. The second kappa shape index (κ2) is 11.5. The lowest BCUT2D eigenvalue weighted by Gasteiger charge is -2.22. The van der Waals surface area contributed by atoms with Gasteiger partial charge in [-0.05, 0) is 58.0 Å². The van der Waals surface area contributed by atoms with Crippen LogP contribution in [0.25, 0.3) is 0 Å². The Kier molecular flexibility index (Phi) is 8.47. The van der Waals surface area contributed by atoms with Gasteiger partial charge in [0.05, 0.1) is 0 Å². The van der Waals surface area contributed by atoms with Gasteiger partial charge < -0.3 is 24.8 Å². The largest absolute Gasteiger partial charge is 0.479 e. The van der Waals surface area contributed by atoms with Crippen molar-refractivity contribution in [2.24, 2.45) is 0 Å². The zero-order chi connectivity index (χ0) is 26.3. The maximum Gasteiger partial charge on any atom is 0.347 e. The van der Waals surface area contributed by atoms with Gasteiger partial charge in [-0.25, -0.2) is 14.2 Å². The third-order valence-corrected chi connectivity index (χ3v) is 4.87. The molecule has 1 unspecified atom stereocenters. The maximum atomic E-state index is 14.7. The molecule has 36 heavy (non-hydrogen) atoms. The Morgan fingerprint density at radius 3 is 2.53 bits per heavy atom. The molecule has 8 nitrogen and oxygen atoms in total. The van der Waals surface area contributed by atoms with Gasteiger partial charge >= 0.3 is 5.97 Å². The summed E-state index contributed by atoms with van der Waals surface area (Å²) in [7, 11) is 1.79. The van der Waals surface area contributed by atoms with Crippen molar-refractivity contribution < 1.29 is 28.2 Å². The van der Waals surface area contributed by atoms with Crippen molar-refractivity contribution in [2.45, 2.75) is 45.9 Å². The molecule has 0 saturated carbocycles. The molecule has 1 heterocycles. The highest BCUT2D eigenvalue weighted by molar-refractivity contribution is 5.96. The van der Waals surface area contributed by atoms with Crippen molar-refractivity contribution in [1.29, 1.82) is 0 Å². The van der Waals surface area contributed by atoms with Crippen LogP contribution in [0.3, 0.4) is 0 Å². The molecule has 3 rings (SSSR count). The number of anilines is 1. The molecule has 3 aromatic rings. The molecule has 0 bridgehead atoms. The van der Waals surface area contributed by atoms with E-state index < -0.39 is 29.4 Å². The van der Waals surface area contributed by atoms with Crippen LogP contribution in [-0.2, 0) is 16.1 Å². The van der Waals surface area contributed by atoms with E-state index in [1.165, 1.54) is 25.3 Å². The number of rotatable bonds is 9. The summed E-state index contributed by atoms with van der Waals surface area (Å²) in [6.45, 7) is 6.71. The van der Waals surface area contributed by atoms with Gasteiger partial charge in [-0.2, -0.15) is 0 Å². The number of carbonyl (C=O) groups excluding carboxylic acids is 2. The Morgan fingerprint density at radius 1 is 1.06 bits per heavy atom. The molecule has 0 saturated heterocycles. The molecule has 2 aromatic carbocycles. The summed E-state index contributed by atoms with van der Waals surface area (Å²) in [6.07, 6.45) is 0.608. The number of esters is 1. The number of benzene rings is 2. The van der Waals surface area contributed by atoms with Gasteiger partial charge in [0, 0.05) is 43.2 Å². The minimum atomic E-state index is -0.910.